The third-order valence-corrected chi connectivity index (χ3v) is 17.4. The Morgan fingerprint density at radius 2 is 1.05 bits per heavy atom. The zero-order chi connectivity index (χ0) is 41.2. The smallest absolute Gasteiger partial charge is 0.244 e. The molecule has 0 spiro atoms. The van der Waals surface area contributed by atoms with Crippen molar-refractivity contribution in [2.75, 3.05) is 62.2 Å². The highest BCUT2D eigenvalue weighted by molar-refractivity contribution is 9.10. The van der Waals surface area contributed by atoms with Crippen LogP contribution in [0.4, 0.5) is 19.0 Å². The molecule has 2 aliphatic rings. The van der Waals surface area contributed by atoms with Crippen LogP contribution in [-0.2, 0) is 20.0 Å². The van der Waals surface area contributed by atoms with Crippen LogP contribution in [0.15, 0.2) is 114 Å². The van der Waals surface area contributed by atoms with E-state index in [9.17, 15) is 25.6 Å². The van der Waals surface area contributed by atoms with E-state index in [0.29, 0.717) is 77.6 Å². The molecule has 0 amide bonds. The molecule has 0 radical (unpaired) electrons. The highest BCUT2D eigenvalue weighted by Crippen LogP contribution is 2.33. The van der Waals surface area contributed by atoms with Gasteiger partial charge >= 0.3 is 0 Å². The van der Waals surface area contributed by atoms with E-state index in [2.05, 4.69) is 46.7 Å². The maximum Gasteiger partial charge on any atom is 0.244 e. The van der Waals surface area contributed by atoms with Crippen LogP contribution in [0.2, 0.25) is 10.0 Å². The Morgan fingerprint density at radius 1 is 0.586 bits per heavy atom. The number of aromatic nitrogens is 2. The Hall–Kier alpha value is -3.04. The molecule has 2 aliphatic heterocycles. The predicted octanol–water partition coefficient (Wildman–Crippen LogP) is 9.75. The van der Waals surface area contributed by atoms with Gasteiger partial charge in [-0.1, -0.05) is 47.5 Å². The molecule has 2 fully saturated rings. The van der Waals surface area contributed by atoms with Crippen molar-refractivity contribution in [1.82, 2.24) is 18.6 Å². The van der Waals surface area contributed by atoms with Gasteiger partial charge in [0.25, 0.3) is 0 Å². The van der Waals surface area contributed by atoms with Gasteiger partial charge in [0.15, 0.2) is 10.3 Å². The van der Waals surface area contributed by atoms with Crippen LogP contribution in [0.25, 0.3) is 22.5 Å². The molecule has 0 saturated carbocycles. The SMILES string of the molecule is O=S(=O)(c1ccccc1Br)N1CCN(c2nc(-c3cc(F)cc(Cl)c3)cs2)CC1.O=S(=O)(c1ccccc1Br)N1CCN(c2nc(-c3ccc(F)c(Cl)c3)cs2)CC1. The molecular formula is C38H32Br2Cl2F2N6O4S4. The first kappa shape index (κ1) is 43.1. The number of rotatable bonds is 8. The van der Waals surface area contributed by atoms with E-state index in [4.69, 9.17) is 23.2 Å². The van der Waals surface area contributed by atoms with Gasteiger partial charge in [0.1, 0.15) is 11.6 Å². The van der Waals surface area contributed by atoms with E-state index < -0.39 is 31.7 Å². The summed E-state index contributed by atoms with van der Waals surface area (Å²) in [6, 6.07) is 22.5. The quantitative estimate of drug-likeness (QED) is 0.149. The maximum atomic E-state index is 13.6. The molecule has 0 atom stereocenters. The molecule has 20 heteroatoms. The Labute approximate surface area is 370 Å². The van der Waals surface area contributed by atoms with Crippen molar-refractivity contribution in [3.63, 3.8) is 0 Å². The average molecular weight is 1030 g/mol. The molecule has 304 valence electrons. The minimum Gasteiger partial charge on any atom is -0.345 e. The first-order valence-corrected chi connectivity index (χ1v) is 24.5. The van der Waals surface area contributed by atoms with E-state index in [0.717, 1.165) is 21.5 Å². The topological polar surface area (TPSA) is 107 Å². The van der Waals surface area contributed by atoms with Crippen LogP contribution in [0.3, 0.4) is 0 Å². The largest absolute Gasteiger partial charge is 0.345 e. The fourth-order valence-corrected chi connectivity index (χ4v) is 13.2. The second kappa shape index (κ2) is 18.3. The van der Waals surface area contributed by atoms with Crippen molar-refractivity contribution in [2.45, 2.75) is 9.79 Å². The fourth-order valence-electron chi connectivity index (χ4n) is 6.27. The van der Waals surface area contributed by atoms with Crippen LogP contribution in [0.1, 0.15) is 0 Å². The summed E-state index contributed by atoms with van der Waals surface area (Å²) in [4.78, 5) is 13.9. The summed E-state index contributed by atoms with van der Waals surface area (Å²) in [5.74, 6) is -0.874. The summed E-state index contributed by atoms with van der Waals surface area (Å²) in [6.45, 7) is 3.62. The number of benzene rings is 4. The van der Waals surface area contributed by atoms with Gasteiger partial charge in [-0.3, -0.25) is 0 Å². The Kier molecular flexibility index (Phi) is 13.6. The number of thiazole rings is 2. The molecule has 0 N–H and O–H groups in total. The third-order valence-electron chi connectivity index (χ3n) is 9.29. The van der Waals surface area contributed by atoms with E-state index in [1.165, 1.54) is 49.5 Å². The molecule has 2 saturated heterocycles. The summed E-state index contributed by atoms with van der Waals surface area (Å²) in [7, 11) is -7.11. The Balaban J connectivity index is 0.000000177. The predicted molar refractivity (Wildman–Crippen MR) is 235 cm³/mol. The van der Waals surface area contributed by atoms with E-state index >= 15 is 0 Å². The molecule has 6 aromatic rings. The van der Waals surface area contributed by atoms with Gasteiger partial charge in [-0.15, -0.1) is 22.7 Å². The minimum absolute atomic E-state index is 0.0583. The van der Waals surface area contributed by atoms with Crippen LogP contribution in [0, 0.1) is 11.6 Å². The molecule has 58 heavy (non-hydrogen) atoms. The first-order chi connectivity index (χ1) is 27.7. The number of hydrogen-bond donors (Lipinski definition) is 0. The van der Waals surface area contributed by atoms with Crippen molar-refractivity contribution in [2.24, 2.45) is 0 Å². The van der Waals surface area contributed by atoms with Crippen molar-refractivity contribution in [1.29, 1.82) is 0 Å². The number of piperazine rings is 2. The lowest BCUT2D eigenvalue weighted by Gasteiger charge is -2.33. The summed E-state index contributed by atoms with van der Waals surface area (Å²) >= 11 is 21.4. The van der Waals surface area contributed by atoms with E-state index in [-0.39, 0.29) is 14.8 Å². The number of halogens is 6. The van der Waals surface area contributed by atoms with Gasteiger partial charge < -0.3 is 9.80 Å². The van der Waals surface area contributed by atoms with E-state index in [1.807, 2.05) is 15.7 Å². The van der Waals surface area contributed by atoms with Gasteiger partial charge in [0.05, 0.1) is 26.2 Å². The normalized spacial score (nSPS) is 15.6. The maximum absolute atomic E-state index is 13.6. The summed E-state index contributed by atoms with van der Waals surface area (Å²) in [5.41, 5.74) is 2.73. The standard InChI is InChI=1S/2C19H16BrClFN3O2S2/c20-16-3-1-2-4-18(16)29(26,27)25-7-5-24(6-8-25)19-23-17(12-28-19)13-9-14(21)11-15(22)10-13;20-14-3-1-2-4-18(14)29(26,27)25-9-7-24(8-10-25)19-23-17(12-28-19)13-5-6-16(22)15(21)11-13/h1-4,9-12H,5-8H2;1-6,11-12H,7-10H2. The minimum atomic E-state index is -3.56. The monoisotopic (exact) mass is 1030 g/mol. The van der Waals surface area contributed by atoms with Crippen LogP contribution in [-0.4, -0.2) is 87.8 Å². The summed E-state index contributed by atoms with van der Waals surface area (Å²) < 4.78 is 82.8. The molecule has 2 aromatic heterocycles. The summed E-state index contributed by atoms with van der Waals surface area (Å²) in [6.07, 6.45) is 0. The van der Waals surface area contributed by atoms with E-state index in [1.54, 1.807) is 66.7 Å². The molecule has 4 aromatic carbocycles. The lowest BCUT2D eigenvalue weighted by atomic mass is 10.2. The van der Waals surface area contributed by atoms with Crippen molar-refractivity contribution in [3.8, 4) is 22.5 Å². The zero-order valence-electron chi connectivity index (χ0n) is 30.1. The third kappa shape index (κ3) is 9.61. The number of hydrogen-bond acceptors (Lipinski definition) is 10. The lowest BCUT2D eigenvalue weighted by molar-refractivity contribution is 0.384. The average Bonchev–Trinajstić information content (AvgIpc) is 3.91. The highest BCUT2D eigenvalue weighted by atomic mass is 79.9. The molecule has 0 unspecified atom stereocenters. The molecule has 0 bridgehead atoms. The zero-order valence-corrected chi connectivity index (χ0v) is 38.1. The van der Waals surface area contributed by atoms with Crippen LogP contribution in [0.5, 0.6) is 0 Å². The Morgan fingerprint density at radius 3 is 1.50 bits per heavy atom. The second-order valence-electron chi connectivity index (χ2n) is 13.0. The van der Waals surface area contributed by atoms with Crippen LogP contribution >= 0.6 is 77.7 Å². The molecule has 10 nitrogen and oxygen atoms in total. The number of nitrogens with zero attached hydrogens (tertiary/aromatic N) is 6. The molecule has 8 rings (SSSR count). The number of sulfonamides is 2. The second-order valence-corrected chi connectivity index (χ2v) is 21.0. The summed E-state index contributed by atoms with van der Waals surface area (Å²) in [5, 5.41) is 5.70. The Bertz CT molecular complexity index is 2640. The van der Waals surface area contributed by atoms with Gasteiger partial charge in [-0.05, 0) is 92.5 Å². The van der Waals surface area contributed by atoms with Crippen molar-refractivity contribution < 1.29 is 25.6 Å². The fraction of sp³-hybridized carbons (Fsp3) is 0.211. The molecular weight excluding hydrogens is 1000 g/mol. The lowest BCUT2D eigenvalue weighted by Crippen LogP contribution is -2.48. The van der Waals surface area contributed by atoms with Gasteiger partial charge in [-0.2, -0.15) is 8.61 Å². The first-order valence-electron chi connectivity index (χ1n) is 17.5. The van der Waals surface area contributed by atoms with Crippen LogP contribution < -0.4 is 9.80 Å². The number of anilines is 2. The van der Waals surface area contributed by atoms with Gasteiger partial charge in [0.2, 0.25) is 20.0 Å². The molecule has 4 heterocycles. The highest BCUT2D eigenvalue weighted by Gasteiger charge is 2.32. The molecule has 0 aliphatic carbocycles. The van der Waals surface area contributed by atoms with Crippen molar-refractivity contribution in [3.05, 3.63) is 126 Å². The van der Waals surface area contributed by atoms with Gasteiger partial charge in [-0.25, -0.2) is 35.6 Å². The van der Waals surface area contributed by atoms with Crippen molar-refractivity contribution >= 4 is 108 Å². The van der Waals surface area contributed by atoms with Gasteiger partial charge in [0, 0.05) is 88.2 Å².